The number of amides is 2. The summed E-state index contributed by atoms with van der Waals surface area (Å²) in [6.45, 7) is 5.99. The lowest BCUT2D eigenvalue weighted by Gasteiger charge is -2.34. The second-order valence-electron chi connectivity index (χ2n) is 7.45. The summed E-state index contributed by atoms with van der Waals surface area (Å²) in [4.78, 5) is 29.5. The van der Waals surface area contributed by atoms with E-state index in [1.54, 1.807) is 0 Å². The first kappa shape index (κ1) is 20.7. The zero-order valence-corrected chi connectivity index (χ0v) is 16.6. The maximum atomic E-state index is 12.9. The first-order chi connectivity index (χ1) is 12.1. The first-order valence-corrected chi connectivity index (χ1v) is 9.38. The van der Waals surface area contributed by atoms with Crippen molar-refractivity contribution in [3.8, 4) is 0 Å². The Morgan fingerprint density at radius 2 is 1.81 bits per heavy atom. The first-order valence-electron chi connectivity index (χ1n) is 9.38. The molecule has 6 heteroatoms. The van der Waals surface area contributed by atoms with Crippen molar-refractivity contribution in [3.63, 3.8) is 0 Å². The highest BCUT2D eigenvalue weighted by Gasteiger charge is 2.34. The molecule has 2 aliphatic rings. The summed E-state index contributed by atoms with van der Waals surface area (Å²) in [7, 11) is 1.96. The summed E-state index contributed by atoms with van der Waals surface area (Å²) < 4.78 is 0. The fourth-order valence-electron chi connectivity index (χ4n) is 3.99. The normalized spacial score (nSPS) is 22.8. The Labute approximate surface area is 162 Å². The van der Waals surface area contributed by atoms with Gasteiger partial charge >= 0.3 is 0 Å². The molecule has 2 saturated heterocycles. The van der Waals surface area contributed by atoms with Crippen molar-refractivity contribution in [3.05, 3.63) is 35.4 Å². The highest BCUT2D eigenvalue weighted by atomic mass is 35.5. The molecule has 26 heavy (non-hydrogen) atoms. The Bertz CT molecular complexity index is 620. The van der Waals surface area contributed by atoms with Crippen LogP contribution in [0.1, 0.15) is 35.2 Å². The minimum absolute atomic E-state index is 0. The van der Waals surface area contributed by atoms with Crippen LogP contribution in [0.2, 0.25) is 0 Å². The molecule has 5 nitrogen and oxygen atoms in total. The van der Waals surface area contributed by atoms with Crippen LogP contribution in [0.3, 0.4) is 0 Å². The number of aryl methyl sites for hydroxylation is 1. The Hall–Kier alpha value is -1.59. The van der Waals surface area contributed by atoms with Crippen molar-refractivity contribution in [1.29, 1.82) is 0 Å². The molecule has 144 valence electrons. The van der Waals surface area contributed by atoms with Crippen LogP contribution in [-0.4, -0.2) is 61.4 Å². The van der Waals surface area contributed by atoms with E-state index < -0.39 is 0 Å². The Balaban J connectivity index is 0.00000243. The van der Waals surface area contributed by atoms with E-state index in [1.807, 2.05) is 48.0 Å². The molecule has 0 aliphatic carbocycles. The molecule has 3 rings (SSSR count). The van der Waals surface area contributed by atoms with Gasteiger partial charge in [0, 0.05) is 31.7 Å². The predicted molar refractivity (Wildman–Crippen MR) is 106 cm³/mol. The third-order valence-electron chi connectivity index (χ3n) is 5.45. The quantitative estimate of drug-likeness (QED) is 0.873. The lowest BCUT2D eigenvalue weighted by Crippen LogP contribution is -2.46. The molecule has 1 aromatic carbocycles. The minimum atomic E-state index is -0.0449. The average Bonchev–Trinajstić information content (AvgIpc) is 3.10. The van der Waals surface area contributed by atoms with Crippen LogP contribution in [0.15, 0.2) is 24.3 Å². The summed E-state index contributed by atoms with van der Waals surface area (Å²) in [6, 6.07) is 7.69. The molecular weight excluding hydrogens is 350 g/mol. The van der Waals surface area contributed by atoms with Crippen LogP contribution in [0, 0.1) is 18.8 Å². The molecule has 2 amide bonds. The summed E-state index contributed by atoms with van der Waals surface area (Å²) in [5, 5.41) is 3.20. The van der Waals surface area contributed by atoms with Crippen molar-refractivity contribution in [2.75, 3.05) is 39.8 Å². The second kappa shape index (κ2) is 9.38. The van der Waals surface area contributed by atoms with Crippen LogP contribution in [0.5, 0.6) is 0 Å². The molecule has 2 unspecified atom stereocenters. The minimum Gasteiger partial charge on any atom is -0.342 e. The number of benzene rings is 1. The van der Waals surface area contributed by atoms with E-state index >= 15 is 0 Å². The summed E-state index contributed by atoms with van der Waals surface area (Å²) >= 11 is 0. The Kier molecular flexibility index (Phi) is 7.47. The van der Waals surface area contributed by atoms with Gasteiger partial charge in [0.05, 0.1) is 5.92 Å². The van der Waals surface area contributed by atoms with Gasteiger partial charge in [0.1, 0.15) is 0 Å². The van der Waals surface area contributed by atoms with E-state index in [4.69, 9.17) is 0 Å². The molecule has 0 bridgehead atoms. The van der Waals surface area contributed by atoms with Gasteiger partial charge < -0.3 is 15.1 Å². The molecule has 0 radical (unpaired) electrons. The number of carbonyl (C=O) groups is 2. The molecule has 2 atom stereocenters. The standard InChI is InChI=1S/C20H29N3O2.ClH/c1-15-5-7-17(8-6-15)19(24)22-10-3-4-18(14-22)20(25)23-11-9-16(13-23)12-21-2;/h5-8,16,18,21H,3-4,9-14H2,1-2H3;1H. The van der Waals surface area contributed by atoms with Crippen molar-refractivity contribution < 1.29 is 9.59 Å². The zero-order valence-electron chi connectivity index (χ0n) is 15.7. The smallest absolute Gasteiger partial charge is 0.253 e. The van der Waals surface area contributed by atoms with Crippen LogP contribution in [0.4, 0.5) is 0 Å². The molecule has 0 saturated carbocycles. The third kappa shape index (κ3) is 4.77. The van der Waals surface area contributed by atoms with Crippen molar-refractivity contribution in [1.82, 2.24) is 15.1 Å². The van der Waals surface area contributed by atoms with Gasteiger partial charge in [-0.05, 0) is 57.8 Å². The number of nitrogens with one attached hydrogen (secondary N) is 1. The van der Waals surface area contributed by atoms with Crippen molar-refractivity contribution in [2.45, 2.75) is 26.2 Å². The SMILES string of the molecule is CNCC1CCN(C(=O)C2CCCN(C(=O)c3ccc(C)cc3)C2)C1.Cl. The maximum Gasteiger partial charge on any atom is 0.253 e. The van der Waals surface area contributed by atoms with E-state index in [0.717, 1.165) is 51.0 Å². The number of carbonyl (C=O) groups excluding carboxylic acids is 2. The number of rotatable bonds is 4. The van der Waals surface area contributed by atoms with Gasteiger partial charge in [0.15, 0.2) is 0 Å². The number of nitrogens with zero attached hydrogens (tertiary/aromatic N) is 2. The molecule has 2 fully saturated rings. The molecule has 0 spiro atoms. The molecule has 2 heterocycles. The summed E-state index contributed by atoms with van der Waals surface area (Å²) in [5.74, 6) is 0.798. The van der Waals surface area contributed by atoms with Gasteiger partial charge in [-0.3, -0.25) is 9.59 Å². The molecular formula is C20H30ClN3O2. The summed E-state index contributed by atoms with van der Waals surface area (Å²) in [5.41, 5.74) is 1.86. The van der Waals surface area contributed by atoms with E-state index in [9.17, 15) is 9.59 Å². The summed E-state index contributed by atoms with van der Waals surface area (Å²) in [6.07, 6.45) is 2.87. The molecule has 2 aliphatic heterocycles. The van der Waals surface area contributed by atoms with Crippen LogP contribution < -0.4 is 5.32 Å². The topological polar surface area (TPSA) is 52.7 Å². The molecule has 1 aromatic rings. The number of piperidine rings is 1. The zero-order chi connectivity index (χ0) is 17.8. The van der Waals surface area contributed by atoms with Crippen molar-refractivity contribution in [2.24, 2.45) is 11.8 Å². The average molecular weight is 380 g/mol. The molecule has 0 aromatic heterocycles. The van der Waals surface area contributed by atoms with Crippen LogP contribution in [0.25, 0.3) is 0 Å². The lowest BCUT2D eigenvalue weighted by atomic mass is 9.96. The monoisotopic (exact) mass is 379 g/mol. The third-order valence-corrected chi connectivity index (χ3v) is 5.45. The van der Waals surface area contributed by atoms with Gasteiger partial charge in [-0.25, -0.2) is 0 Å². The van der Waals surface area contributed by atoms with E-state index in [-0.39, 0.29) is 30.1 Å². The second-order valence-corrected chi connectivity index (χ2v) is 7.45. The highest BCUT2D eigenvalue weighted by Crippen LogP contribution is 2.24. The largest absolute Gasteiger partial charge is 0.342 e. The number of halogens is 1. The van der Waals surface area contributed by atoms with Gasteiger partial charge in [-0.15, -0.1) is 12.4 Å². The maximum absolute atomic E-state index is 12.9. The van der Waals surface area contributed by atoms with Crippen LogP contribution >= 0.6 is 12.4 Å². The fraction of sp³-hybridized carbons (Fsp3) is 0.600. The number of likely N-dealkylation sites (tertiary alicyclic amines) is 2. The van der Waals surface area contributed by atoms with E-state index in [1.165, 1.54) is 0 Å². The van der Waals surface area contributed by atoms with Gasteiger partial charge in [0.2, 0.25) is 5.91 Å². The number of hydrogen-bond acceptors (Lipinski definition) is 3. The van der Waals surface area contributed by atoms with Gasteiger partial charge in [0.25, 0.3) is 5.91 Å². The highest BCUT2D eigenvalue weighted by molar-refractivity contribution is 5.94. The van der Waals surface area contributed by atoms with Crippen LogP contribution in [-0.2, 0) is 4.79 Å². The van der Waals surface area contributed by atoms with E-state index in [0.29, 0.717) is 18.0 Å². The molecule has 1 N–H and O–H groups in total. The Morgan fingerprint density at radius 3 is 2.50 bits per heavy atom. The Morgan fingerprint density at radius 1 is 1.08 bits per heavy atom. The predicted octanol–water partition coefficient (Wildman–Crippen LogP) is 2.34. The lowest BCUT2D eigenvalue weighted by molar-refractivity contribution is -0.136. The van der Waals surface area contributed by atoms with Gasteiger partial charge in [-0.2, -0.15) is 0 Å². The van der Waals surface area contributed by atoms with Crippen molar-refractivity contribution >= 4 is 24.2 Å². The number of hydrogen-bond donors (Lipinski definition) is 1. The fourth-order valence-corrected chi connectivity index (χ4v) is 3.99. The van der Waals surface area contributed by atoms with E-state index in [2.05, 4.69) is 5.32 Å². The van der Waals surface area contributed by atoms with Gasteiger partial charge in [-0.1, -0.05) is 17.7 Å².